The highest BCUT2D eigenvalue weighted by Crippen LogP contribution is 2.48. The number of fused-ring (bicyclic) bond motifs is 3. The molecular formula is C16H22N2O2. The molecule has 2 aliphatic rings. The van der Waals surface area contributed by atoms with Gasteiger partial charge in [0, 0.05) is 18.5 Å². The fourth-order valence-corrected chi connectivity index (χ4v) is 3.84. The van der Waals surface area contributed by atoms with Gasteiger partial charge in [0.25, 0.3) is 0 Å². The van der Waals surface area contributed by atoms with Crippen molar-refractivity contribution in [3.05, 3.63) is 29.3 Å². The first-order valence-corrected chi connectivity index (χ1v) is 7.35. The quantitative estimate of drug-likeness (QED) is 0.900. The summed E-state index contributed by atoms with van der Waals surface area (Å²) in [6, 6.07) is 6.67. The van der Waals surface area contributed by atoms with Crippen LogP contribution < -0.4 is 10.1 Å². The van der Waals surface area contributed by atoms with Crippen molar-refractivity contribution in [2.24, 2.45) is 0 Å². The predicted octanol–water partition coefficient (Wildman–Crippen LogP) is 2.31. The average molecular weight is 274 g/mol. The van der Waals surface area contributed by atoms with Crippen molar-refractivity contribution in [1.29, 1.82) is 0 Å². The Labute approximate surface area is 120 Å². The van der Waals surface area contributed by atoms with Crippen LogP contribution in [-0.2, 0) is 11.8 Å². The number of ether oxygens (including phenoxy) is 1. The number of amides is 1. The number of nitrogens with zero attached hydrogens (tertiary/aromatic N) is 1. The number of rotatable bonds is 2. The van der Waals surface area contributed by atoms with E-state index in [1.54, 1.807) is 7.05 Å². The molecular weight excluding hydrogens is 252 g/mol. The Hall–Kier alpha value is -1.55. The fraction of sp³-hybridized carbons (Fsp3) is 0.562. The summed E-state index contributed by atoms with van der Waals surface area (Å²) in [5, 5.41) is 2.48. The summed E-state index contributed by atoms with van der Waals surface area (Å²) in [5.41, 5.74) is 2.97. The lowest BCUT2D eigenvalue weighted by Crippen LogP contribution is -2.37. The molecule has 2 atom stereocenters. The van der Waals surface area contributed by atoms with Crippen molar-refractivity contribution >= 4 is 6.09 Å². The number of likely N-dealkylation sites (tertiary alicyclic amines) is 1. The summed E-state index contributed by atoms with van der Waals surface area (Å²) in [5.74, 6) is 0.639. The molecule has 0 radical (unpaired) electrons. The minimum atomic E-state index is -0.411. The number of benzene rings is 1. The molecule has 1 aromatic carbocycles. The van der Waals surface area contributed by atoms with Gasteiger partial charge in [-0.25, -0.2) is 4.79 Å². The van der Waals surface area contributed by atoms with E-state index in [9.17, 15) is 4.79 Å². The Balaban J connectivity index is 1.92. The number of carbonyl (C=O) groups is 1. The average Bonchev–Trinajstić information content (AvgIpc) is 2.91. The van der Waals surface area contributed by atoms with Crippen molar-refractivity contribution in [3.8, 4) is 5.75 Å². The van der Waals surface area contributed by atoms with Crippen LogP contribution in [0.3, 0.4) is 0 Å². The molecule has 0 spiro atoms. The van der Waals surface area contributed by atoms with Crippen molar-refractivity contribution in [2.75, 3.05) is 20.1 Å². The van der Waals surface area contributed by atoms with Crippen molar-refractivity contribution < 1.29 is 9.53 Å². The molecule has 3 rings (SSSR count). The number of carbonyl (C=O) groups excluding carboxylic acids is 1. The maximum atomic E-state index is 11.3. The SMILES string of the molecule is CCN1CC[C@]2(C)c3cc(OC(=O)NC)ccc3C[C@H]12. The van der Waals surface area contributed by atoms with E-state index < -0.39 is 6.09 Å². The lowest BCUT2D eigenvalue weighted by atomic mass is 9.80. The fourth-order valence-electron chi connectivity index (χ4n) is 3.84. The second-order valence-electron chi connectivity index (χ2n) is 5.97. The van der Waals surface area contributed by atoms with Crippen LogP contribution in [0.5, 0.6) is 5.75 Å². The molecule has 1 saturated heterocycles. The zero-order valence-corrected chi connectivity index (χ0v) is 12.4. The van der Waals surface area contributed by atoms with E-state index in [0.717, 1.165) is 19.5 Å². The van der Waals surface area contributed by atoms with E-state index >= 15 is 0 Å². The van der Waals surface area contributed by atoms with Gasteiger partial charge in [-0.2, -0.15) is 0 Å². The minimum absolute atomic E-state index is 0.202. The summed E-state index contributed by atoms with van der Waals surface area (Å²) in [4.78, 5) is 13.9. The maximum absolute atomic E-state index is 11.3. The third kappa shape index (κ3) is 1.90. The van der Waals surface area contributed by atoms with Crippen LogP contribution in [-0.4, -0.2) is 37.2 Å². The Kier molecular flexibility index (Phi) is 3.21. The van der Waals surface area contributed by atoms with Crippen LogP contribution >= 0.6 is 0 Å². The lowest BCUT2D eigenvalue weighted by Gasteiger charge is -2.29. The molecule has 1 N–H and O–H groups in total. The molecule has 1 aromatic rings. The standard InChI is InChI=1S/C16H22N2O2/c1-4-18-8-7-16(2)13-10-12(20-15(19)17-3)6-5-11(13)9-14(16)18/h5-6,10,14H,4,7-9H2,1-3H3,(H,17,19)/t14-,16+/m0/s1. The molecule has 108 valence electrons. The Morgan fingerprint density at radius 1 is 1.55 bits per heavy atom. The second kappa shape index (κ2) is 4.77. The predicted molar refractivity (Wildman–Crippen MR) is 78.2 cm³/mol. The van der Waals surface area contributed by atoms with Gasteiger partial charge in [0.05, 0.1) is 0 Å². The van der Waals surface area contributed by atoms with Gasteiger partial charge in [0.1, 0.15) is 5.75 Å². The number of hydrogen-bond acceptors (Lipinski definition) is 3. The summed E-state index contributed by atoms with van der Waals surface area (Å²) in [6.07, 6.45) is 1.88. The van der Waals surface area contributed by atoms with Crippen molar-refractivity contribution in [2.45, 2.75) is 38.1 Å². The molecule has 20 heavy (non-hydrogen) atoms. The highest BCUT2D eigenvalue weighted by Gasteiger charge is 2.49. The van der Waals surface area contributed by atoms with Crippen molar-refractivity contribution in [3.63, 3.8) is 0 Å². The van der Waals surface area contributed by atoms with Crippen LogP contribution in [0.2, 0.25) is 0 Å². The van der Waals surface area contributed by atoms with Gasteiger partial charge in [-0.1, -0.05) is 19.9 Å². The van der Waals surface area contributed by atoms with Gasteiger partial charge in [-0.3, -0.25) is 4.90 Å². The normalized spacial score (nSPS) is 28.1. The largest absolute Gasteiger partial charge is 0.412 e. The summed E-state index contributed by atoms with van der Waals surface area (Å²) in [6.45, 7) is 6.85. The van der Waals surface area contributed by atoms with E-state index in [-0.39, 0.29) is 5.41 Å². The molecule has 1 heterocycles. The van der Waals surface area contributed by atoms with Crippen LogP contribution in [0.15, 0.2) is 18.2 Å². The first kappa shape index (κ1) is 13.4. The van der Waals surface area contributed by atoms with Gasteiger partial charge in [0.15, 0.2) is 0 Å². The molecule has 0 unspecified atom stereocenters. The first-order valence-electron chi connectivity index (χ1n) is 7.35. The molecule has 1 fully saturated rings. The van der Waals surface area contributed by atoms with Gasteiger partial charge in [-0.15, -0.1) is 0 Å². The van der Waals surface area contributed by atoms with E-state index in [4.69, 9.17) is 4.74 Å². The van der Waals surface area contributed by atoms with Gasteiger partial charge in [-0.05, 0) is 49.2 Å². The van der Waals surface area contributed by atoms with Crippen LogP contribution in [0.1, 0.15) is 31.4 Å². The minimum Gasteiger partial charge on any atom is -0.410 e. The first-order chi connectivity index (χ1) is 9.58. The molecule has 0 aromatic heterocycles. The van der Waals surface area contributed by atoms with Crippen LogP contribution in [0.25, 0.3) is 0 Å². The van der Waals surface area contributed by atoms with Crippen molar-refractivity contribution in [1.82, 2.24) is 10.2 Å². The smallest absolute Gasteiger partial charge is 0.410 e. The summed E-state index contributed by atoms with van der Waals surface area (Å²) in [7, 11) is 1.57. The van der Waals surface area contributed by atoms with E-state index in [1.165, 1.54) is 17.5 Å². The molecule has 1 aliphatic carbocycles. The number of hydrogen-bond donors (Lipinski definition) is 1. The number of nitrogens with one attached hydrogen (secondary N) is 1. The Bertz CT molecular complexity index is 543. The third-order valence-electron chi connectivity index (χ3n) is 5.03. The zero-order valence-electron chi connectivity index (χ0n) is 12.4. The van der Waals surface area contributed by atoms with Crippen LogP contribution in [0.4, 0.5) is 4.79 Å². The van der Waals surface area contributed by atoms with Gasteiger partial charge >= 0.3 is 6.09 Å². The highest BCUT2D eigenvalue weighted by atomic mass is 16.5. The molecule has 0 bridgehead atoms. The van der Waals surface area contributed by atoms with Crippen LogP contribution in [0, 0.1) is 0 Å². The molecule has 4 nitrogen and oxygen atoms in total. The zero-order chi connectivity index (χ0) is 14.3. The number of likely N-dealkylation sites (N-methyl/N-ethyl adjacent to an activating group) is 1. The van der Waals surface area contributed by atoms with E-state index in [0.29, 0.717) is 11.8 Å². The monoisotopic (exact) mass is 274 g/mol. The third-order valence-corrected chi connectivity index (χ3v) is 5.03. The van der Waals surface area contributed by atoms with E-state index in [2.05, 4.69) is 36.2 Å². The summed E-state index contributed by atoms with van der Waals surface area (Å²) < 4.78 is 5.27. The maximum Gasteiger partial charge on any atom is 0.412 e. The molecule has 1 amide bonds. The highest BCUT2D eigenvalue weighted by molar-refractivity contribution is 5.70. The van der Waals surface area contributed by atoms with Gasteiger partial charge < -0.3 is 10.1 Å². The topological polar surface area (TPSA) is 41.6 Å². The molecule has 4 heteroatoms. The molecule has 1 aliphatic heterocycles. The van der Waals surface area contributed by atoms with Gasteiger partial charge in [0.2, 0.25) is 0 Å². The Morgan fingerprint density at radius 3 is 3.05 bits per heavy atom. The van der Waals surface area contributed by atoms with E-state index in [1.807, 2.05) is 6.07 Å². The lowest BCUT2D eigenvalue weighted by molar-refractivity contribution is 0.203. The molecule has 0 saturated carbocycles. The second-order valence-corrected chi connectivity index (χ2v) is 5.97. The summed E-state index contributed by atoms with van der Waals surface area (Å²) >= 11 is 0. The Morgan fingerprint density at radius 2 is 2.35 bits per heavy atom.